The number of nitrogens with zero attached hydrogens (tertiary/aromatic N) is 2. The average molecular weight is 323 g/mol. The molecule has 6 nitrogen and oxygen atoms in total. The zero-order valence-electron chi connectivity index (χ0n) is 13.0. The molecule has 0 aliphatic carbocycles. The van der Waals surface area contributed by atoms with E-state index in [2.05, 4.69) is 10.2 Å². The Balaban J connectivity index is 1.71. The Labute approximate surface area is 134 Å². The number of rotatable bonds is 6. The van der Waals surface area contributed by atoms with E-state index in [1.54, 1.807) is 17.0 Å². The van der Waals surface area contributed by atoms with E-state index in [1.165, 1.54) is 12.1 Å². The largest absolute Gasteiger partial charge is 0.395 e. The van der Waals surface area contributed by atoms with E-state index in [4.69, 9.17) is 5.11 Å². The lowest BCUT2D eigenvalue weighted by atomic mass is 10.1. The van der Waals surface area contributed by atoms with Crippen molar-refractivity contribution in [2.75, 3.05) is 45.9 Å². The van der Waals surface area contributed by atoms with Crippen molar-refractivity contribution in [3.8, 4) is 0 Å². The fourth-order valence-electron chi connectivity index (χ4n) is 2.54. The molecular formula is C16H22FN3O3. The Morgan fingerprint density at radius 1 is 1.22 bits per heavy atom. The molecule has 1 aliphatic rings. The first-order valence-corrected chi connectivity index (χ1v) is 7.70. The molecule has 0 spiro atoms. The normalized spacial score (nSPS) is 15.5. The third-order valence-electron chi connectivity index (χ3n) is 3.83. The predicted octanol–water partition coefficient (Wildman–Crippen LogP) is -0.379. The second-order valence-electron chi connectivity index (χ2n) is 5.53. The van der Waals surface area contributed by atoms with Crippen LogP contribution in [0.3, 0.4) is 0 Å². The number of hydrogen-bond acceptors (Lipinski definition) is 4. The number of nitrogens with one attached hydrogen (secondary N) is 1. The molecule has 1 saturated heterocycles. The SMILES string of the molecule is O=C(Cc1cccc(F)c1)NCC(=O)N1CCN(CCO)CC1. The van der Waals surface area contributed by atoms with E-state index in [0.29, 0.717) is 25.2 Å². The number of aliphatic hydroxyl groups is 1. The van der Waals surface area contributed by atoms with E-state index >= 15 is 0 Å². The summed E-state index contributed by atoms with van der Waals surface area (Å²) >= 11 is 0. The van der Waals surface area contributed by atoms with Crippen LogP contribution < -0.4 is 5.32 Å². The summed E-state index contributed by atoms with van der Waals surface area (Å²) in [6.07, 6.45) is 0.0509. The number of benzene rings is 1. The maximum absolute atomic E-state index is 13.0. The minimum Gasteiger partial charge on any atom is -0.395 e. The van der Waals surface area contributed by atoms with Gasteiger partial charge in [-0.3, -0.25) is 14.5 Å². The standard InChI is InChI=1S/C16H22FN3O3/c17-14-3-1-2-13(10-14)11-15(22)18-12-16(23)20-6-4-19(5-7-20)8-9-21/h1-3,10,21H,4-9,11-12H2,(H,18,22). The smallest absolute Gasteiger partial charge is 0.242 e. The molecule has 1 fully saturated rings. The van der Waals surface area contributed by atoms with Crippen molar-refractivity contribution < 1.29 is 19.1 Å². The predicted molar refractivity (Wildman–Crippen MR) is 83.2 cm³/mol. The number of amides is 2. The molecule has 126 valence electrons. The van der Waals surface area contributed by atoms with Gasteiger partial charge in [-0.25, -0.2) is 4.39 Å². The van der Waals surface area contributed by atoms with Crippen LogP contribution in [0.1, 0.15) is 5.56 Å². The van der Waals surface area contributed by atoms with Crippen molar-refractivity contribution in [2.24, 2.45) is 0 Å². The molecule has 23 heavy (non-hydrogen) atoms. The lowest BCUT2D eigenvalue weighted by Crippen LogP contribution is -2.51. The topological polar surface area (TPSA) is 72.9 Å². The van der Waals surface area contributed by atoms with Gasteiger partial charge in [-0.1, -0.05) is 12.1 Å². The summed E-state index contributed by atoms with van der Waals surface area (Å²) < 4.78 is 13.0. The number of piperazine rings is 1. The highest BCUT2D eigenvalue weighted by Gasteiger charge is 2.20. The molecule has 1 heterocycles. The van der Waals surface area contributed by atoms with Crippen LogP contribution in [0.2, 0.25) is 0 Å². The molecule has 7 heteroatoms. The van der Waals surface area contributed by atoms with Crippen molar-refractivity contribution in [1.82, 2.24) is 15.1 Å². The second-order valence-corrected chi connectivity index (χ2v) is 5.53. The third-order valence-corrected chi connectivity index (χ3v) is 3.83. The van der Waals surface area contributed by atoms with E-state index in [1.807, 2.05) is 0 Å². The van der Waals surface area contributed by atoms with Crippen molar-refractivity contribution in [2.45, 2.75) is 6.42 Å². The molecule has 0 saturated carbocycles. The summed E-state index contributed by atoms with van der Waals surface area (Å²) in [7, 11) is 0. The molecule has 1 aromatic carbocycles. The molecule has 2 N–H and O–H groups in total. The van der Waals surface area contributed by atoms with Gasteiger partial charge < -0.3 is 15.3 Å². The summed E-state index contributed by atoms with van der Waals surface area (Å²) in [5, 5.41) is 11.5. The van der Waals surface area contributed by atoms with Crippen LogP contribution in [-0.4, -0.2) is 72.6 Å². The summed E-state index contributed by atoms with van der Waals surface area (Å²) in [4.78, 5) is 27.7. The van der Waals surface area contributed by atoms with Crippen molar-refractivity contribution >= 4 is 11.8 Å². The van der Waals surface area contributed by atoms with E-state index in [0.717, 1.165) is 13.1 Å². The quantitative estimate of drug-likeness (QED) is 0.749. The molecule has 2 rings (SSSR count). The fourth-order valence-corrected chi connectivity index (χ4v) is 2.54. The number of hydrogen-bond donors (Lipinski definition) is 2. The van der Waals surface area contributed by atoms with Gasteiger partial charge in [0, 0.05) is 32.7 Å². The van der Waals surface area contributed by atoms with Crippen molar-refractivity contribution in [1.29, 1.82) is 0 Å². The van der Waals surface area contributed by atoms with Crippen LogP contribution in [0.15, 0.2) is 24.3 Å². The first kappa shape index (κ1) is 17.4. The number of carbonyl (C=O) groups excluding carboxylic acids is 2. The Hall–Kier alpha value is -1.99. The van der Waals surface area contributed by atoms with Gasteiger partial charge in [0.15, 0.2) is 0 Å². The fraction of sp³-hybridized carbons (Fsp3) is 0.500. The van der Waals surface area contributed by atoms with Crippen LogP contribution in [0.5, 0.6) is 0 Å². The van der Waals surface area contributed by atoms with E-state index in [9.17, 15) is 14.0 Å². The van der Waals surface area contributed by atoms with Gasteiger partial charge in [-0.2, -0.15) is 0 Å². The zero-order valence-corrected chi connectivity index (χ0v) is 13.0. The molecule has 1 aliphatic heterocycles. The minimum absolute atomic E-state index is 0.0475. The summed E-state index contributed by atoms with van der Waals surface area (Å²) in [6.45, 7) is 3.33. The maximum atomic E-state index is 13.0. The highest BCUT2D eigenvalue weighted by Crippen LogP contribution is 2.04. The third kappa shape index (κ3) is 5.61. The molecule has 0 unspecified atom stereocenters. The second kappa shape index (κ2) is 8.59. The Morgan fingerprint density at radius 3 is 2.61 bits per heavy atom. The molecule has 0 atom stereocenters. The molecule has 0 aromatic heterocycles. The molecular weight excluding hydrogens is 301 g/mol. The first-order chi connectivity index (χ1) is 11.1. The van der Waals surface area contributed by atoms with E-state index in [-0.39, 0.29) is 37.2 Å². The maximum Gasteiger partial charge on any atom is 0.242 e. The van der Waals surface area contributed by atoms with Crippen LogP contribution in [0, 0.1) is 5.82 Å². The number of aliphatic hydroxyl groups excluding tert-OH is 1. The van der Waals surface area contributed by atoms with Crippen LogP contribution >= 0.6 is 0 Å². The summed E-state index contributed by atoms with van der Waals surface area (Å²) in [6, 6.07) is 5.85. The molecule has 0 bridgehead atoms. The number of β-amino-alcohol motifs (C(OH)–C–C–N with tert-alkyl or cyclic N) is 1. The monoisotopic (exact) mass is 323 g/mol. The Bertz CT molecular complexity index is 545. The van der Waals surface area contributed by atoms with Gasteiger partial charge >= 0.3 is 0 Å². The summed E-state index contributed by atoms with van der Waals surface area (Å²) in [5.74, 6) is -0.809. The lowest BCUT2D eigenvalue weighted by molar-refractivity contribution is -0.134. The van der Waals surface area contributed by atoms with E-state index < -0.39 is 0 Å². The van der Waals surface area contributed by atoms with Gasteiger partial charge in [0.1, 0.15) is 5.82 Å². The minimum atomic E-state index is -0.382. The van der Waals surface area contributed by atoms with Crippen LogP contribution in [-0.2, 0) is 16.0 Å². The number of halogens is 1. The van der Waals surface area contributed by atoms with Crippen LogP contribution in [0.4, 0.5) is 4.39 Å². The highest BCUT2D eigenvalue weighted by molar-refractivity contribution is 5.85. The zero-order chi connectivity index (χ0) is 16.7. The number of carbonyl (C=O) groups is 2. The molecule has 0 radical (unpaired) electrons. The Morgan fingerprint density at radius 2 is 1.96 bits per heavy atom. The van der Waals surface area contributed by atoms with Crippen molar-refractivity contribution in [3.63, 3.8) is 0 Å². The van der Waals surface area contributed by atoms with Gasteiger partial charge in [-0.05, 0) is 17.7 Å². The van der Waals surface area contributed by atoms with Crippen molar-refractivity contribution in [3.05, 3.63) is 35.6 Å². The van der Waals surface area contributed by atoms with Gasteiger partial charge in [0.05, 0.1) is 19.6 Å². The van der Waals surface area contributed by atoms with Gasteiger partial charge in [0.2, 0.25) is 11.8 Å². The highest BCUT2D eigenvalue weighted by atomic mass is 19.1. The van der Waals surface area contributed by atoms with Crippen LogP contribution in [0.25, 0.3) is 0 Å². The first-order valence-electron chi connectivity index (χ1n) is 7.70. The lowest BCUT2D eigenvalue weighted by Gasteiger charge is -2.34. The molecule has 2 amide bonds. The molecule has 1 aromatic rings. The Kier molecular flexibility index (Phi) is 6.49. The van der Waals surface area contributed by atoms with Gasteiger partial charge in [0.25, 0.3) is 0 Å². The summed E-state index contributed by atoms with van der Waals surface area (Å²) in [5.41, 5.74) is 0.576. The average Bonchev–Trinajstić information content (AvgIpc) is 2.54. The van der Waals surface area contributed by atoms with Gasteiger partial charge in [-0.15, -0.1) is 0 Å².